The Morgan fingerprint density at radius 2 is 1.59 bits per heavy atom. The summed E-state index contributed by atoms with van der Waals surface area (Å²) in [4.78, 5) is 42.5. The molecule has 3 saturated heterocycles. The molecule has 0 aromatic rings. The van der Waals surface area contributed by atoms with Crippen LogP contribution >= 0.6 is 0 Å². The summed E-state index contributed by atoms with van der Waals surface area (Å²) in [7, 11) is 6.66. The van der Waals surface area contributed by atoms with Gasteiger partial charge in [-0.1, -0.05) is 44.6 Å². The van der Waals surface area contributed by atoms with Crippen LogP contribution in [0.25, 0.3) is 0 Å². The number of hydrogen-bond donors (Lipinski definition) is 2. The third kappa shape index (κ3) is 14.4. The highest BCUT2D eigenvalue weighted by atomic mass is 16.7. The number of cyclic esters (lactones) is 1. The van der Waals surface area contributed by atoms with Crippen molar-refractivity contribution in [2.45, 2.75) is 160 Å². The molecule has 4 aliphatic heterocycles. The molecule has 17 heteroatoms. The summed E-state index contributed by atoms with van der Waals surface area (Å²) < 4.78 is 67.0. The summed E-state index contributed by atoms with van der Waals surface area (Å²) in [5.74, 6) is -3.64. The first-order valence-electron chi connectivity index (χ1n) is 22.3. The van der Waals surface area contributed by atoms with Crippen LogP contribution in [0.15, 0.2) is 36.5 Å². The molecule has 4 rings (SSSR count). The number of rotatable bonds is 15. The maximum absolute atomic E-state index is 14.0. The standard InChI is InChI=1S/C46H75NO16/c1-13-17-57-41-29(7)60-46(42(61-30(8)48)38(41)47(9)10)63-40-27(5)34(50)23-36(51)62-35(14-2)32(24-58-45-44(54-12)43(53-11)39(52)28(6)59-45)20-25(3)15-16-33(49)26(4)21-31(40)22-37-55-18-19-56-37/h13,15-16,20,26-29,31-32,34-35,37-46,50,52H,1,14,17-19,21-24H2,2-12H3/b16-15+,25-20+/t26-,27+,28-,29-,31-,32-,34-,35+,38+,39-,40-,41-,42-,43-,44-,45-,46+/m1/s1. The molecule has 0 aliphatic carbocycles. The van der Waals surface area contributed by atoms with E-state index in [1.165, 1.54) is 27.2 Å². The van der Waals surface area contributed by atoms with E-state index in [1.54, 1.807) is 26.0 Å². The van der Waals surface area contributed by atoms with Crippen molar-refractivity contribution in [2.75, 3.05) is 54.7 Å². The Kier molecular flexibility index (Phi) is 21.3. The van der Waals surface area contributed by atoms with Gasteiger partial charge in [-0.05, 0) is 59.7 Å². The number of aliphatic hydroxyl groups excluding tert-OH is 2. The molecule has 0 saturated carbocycles. The molecule has 63 heavy (non-hydrogen) atoms. The molecule has 360 valence electrons. The Balaban J connectivity index is 1.72. The predicted molar refractivity (Wildman–Crippen MR) is 229 cm³/mol. The van der Waals surface area contributed by atoms with Crippen LogP contribution in [0.5, 0.6) is 0 Å². The number of likely N-dealkylation sites (N-methyl/N-ethyl adjacent to an activating group) is 1. The van der Waals surface area contributed by atoms with Crippen LogP contribution in [0.3, 0.4) is 0 Å². The van der Waals surface area contributed by atoms with Gasteiger partial charge in [0.1, 0.15) is 30.5 Å². The molecule has 0 radical (unpaired) electrons. The van der Waals surface area contributed by atoms with Crippen LogP contribution in [0.2, 0.25) is 0 Å². The second-order valence-electron chi connectivity index (χ2n) is 17.5. The Labute approximate surface area is 373 Å². The van der Waals surface area contributed by atoms with Crippen molar-refractivity contribution in [2.24, 2.45) is 23.7 Å². The number of carbonyl (C=O) groups is 3. The van der Waals surface area contributed by atoms with Gasteiger partial charge in [-0.15, -0.1) is 6.58 Å². The fraction of sp³-hybridized carbons (Fsp3) is 0.804. The van der Waals surface area contributed by atoms with E-state index in [-0.39, 0.29) is 31.8 Å². The van der Waals surface area contributed by atoms with Crippen LogP contribution in [0.4, 0.5) is 0 Å². The lowest BCUT2D eigenvalue weighted by atomic mass is 9.79. The van der Waals surface area contributed by atoms with Gasteiger partial charge >= 0.3 is 11.9 Å². The van der Waals surface area contributed by atoms with Gasteiger partial charge in [-0.25, -0.2) is 0 Å². The van der Waals surface area contributed by atoms with Crippen molar-refractivity contribution in [3.63, 3.8) is 0 Å². The third-order valence-corrected chi connectivity index (χ3v) is 12.5. The number of nitrogens with zero attached hydrogens (tertiary/aromatic N) is 1. The van der Waals surface area contributed by atoms with Crippen LogP contribution in [-0.4, -0.2) is 174 Å². The van der Waals surface area contributed by atoms with Crippen molar-refractivity contribution < 1.29 is 76.7 Å². The molecule has 0 unspecified atom stereocenters. The lowest BCUT2D eigenvalue weighted by molar-refractivity contribution is -0.311. The van der Waals surface area contributed by atoms with E-state index in [2.05, 4.69) is 6.58 Å². The number of aliphatic hydroxyl groups is 2. The van der Waals surface area contributed by atoms with Gasteiger partial charge in [-0.3, -0.25) is 14.4 Å². The van der Waals surface area contributed by atoms with Gasteiger partial charge in [0.2, 0.25) is 0 Å². The van der Waals surface area contributed by atoms with Gasteiger partial charge in [-0.2, -0.15) is 0 Å². The molecule has 4 heterocycles. The molecular formula is C46H75NO16. The molecule has 17 atom stereocenters. The van der Waals surface area contributed by atoms with Gasteiger partial charge in [0.25, 0.3) is 0 Å². The van der Waals surface area contributed by atoms with E-state index in [0.29, 0.717) is 26.1 Å². The topological polar surface area (TPSA) is 196 Å². The minimum atomic E-state index is -1.29. The molecule has 0 aromatic heterocycles. The Morgan fingerprint density at radius 1 is 0.921 bits per heavy atom. The zero-order valence-corrected chi connectivity index (χ0v) is 39.1. The molecule has 0 bridgehead atoms. The minimum Gasteiger partial charge on any atom is -0.462 e. The monoisotopic (exact) mass is 898 g/mol. The predicted octanol–water partition coefficient (Wildman–Crippen LogP) is 3.52. The van der Waals surface area contributed by atoms with Crippen LogP contribution in [0, 0.1) is 23.7 Å². The van der Waals surface area contributed by atoms with Crippen molar-refractivity contribution >= 4 is 17.7 Å². The summed E-state index contributed by atoms with van der Waals surface area (Å²) in [6, 6.07) is -0.518. The number of hydrogen-bond acceptors (Lipinski definition) is 17. The normalized spacial score (nSPS) is 40.5. The van der Waals surface area contributed by atoms with Gasteiger partial charge in [0.05, 0.1) is 63.3 Å². The van der Waals surface area contributed by atoms with Crippen LogP contribution in [-0.2, 0) is 66.5 Å². The second kappa shape index (κ2) is 25.3. The van der Waals surface area contributed by atoms with Crippen molar-refractivity contribution in [1.29, 1.82) is 0 Å². The molecule has 0 aromatic carbocycles. The Hall–Kier alpha value is -2.65. The fourth-order valence-electron chi connectivity index (χ4n) is 9.11. The molecule has 17 nitrogen and oxygen atoms in total. The number of ether oxygens (including phenoxy) is 11. The zero-order valence-electron chi connectivity index (χ0n) is 39.1. The number of ketones is 1. The SMILES string of the molecule is C=CCO[C@H]1[C@H](N(C)C)[C@@H](OC(C)=O)[C@H](O[C@H]2[C@@H](CC3OCCO3)C[C@@H](C)C(=O)/C=C/C(C)=C/[C@H](CO[C@@H]3O[C@H](C)[C@@H](O)[C@@H](OC)[C@H]3OC)[C@H](CC)OC(=O)C[C@@H](O)[C@@H]2C)O[C@@H]1C. The summed E-state index contributed by atoms with van der Waals surface area (Å²) in [5.41, 5.74) is 0.724. The van der Waals surface area contributed by atoms with Gasteiger partial charge in [0.15, 0.2) is 30.8 Å². The average Bonchev–Trinajstić information content (AvgIpc) is 3.75. The smallest absolute Gasteiger partial charge is 0.308 e. The fourth-order valence-corrected chi connectivity index (χ4v) is 9.11. The quantitative estimate of drug-likeness (QED) is 0.179. The van der Waals surface area contributed by atoms with E-state index < -0.39 is 122 Å². The number of esters is 2. The maximum atomic E-state index is 14.0. The van der Waals surface area contributed by atoms with Crippen LogP contribution < -0.4 is 0 Å². The summed E-state index contributed by atoms with van der Waals surface area (Å²) in [6.45, 7) is 17.0. The second-order valence-corrected chi connectivity index (χ2v) is 17.5. The first kappa shape index (κ1) is 53.0. The number of methoxy groups -OCH3 is 2. The average molecular weight is 898 g/mol. The zero-order chi connectivity index (χ0) is 46.5. The van der Waals surface area contributed by atoms with Crippen molar-refractivity contribution in [3.8, 4) is 0 Å². The molecule has 0 spiro atoms. The third-order valence-electron chi connectivity index (χ3n) is 12.5. The highest BCUT2D eigenvalue weighted by Gasteiger charge is 2.51. The largest absolute Gasteiger partial charge is 0.462 e. The van der Waals surface area contributed by atoms with E-state index in [9.17, 15) is 24.6 Å². The Bertz CT molecular complexity index is 1520. The van der Waals surface area contributed by atoms with E-state index in [0.717, 1.165) is 5.57 Å². The molecule has 2 N–H and O–H groups in total. The highest BCUT2D eigenvalue weighted by Crippen LogP contribution is 2.38. The van der Waals surface area contributed by atoms with Crippen molar-refractivity contribution in [3.05, 3.63) is 36.5 Å². The maximum Gasteiger partial charge on any atom is 0.308 e. The van der Waals surface area contributed by atoms with E-state index in [1.807, 2.05) is 52.8 Å². The van der Waals surface area contributed by atoms with Gasteiger partial charge in [0, 0.05) is 45.3 Å². The summed E-state index contributed by atoms with van der Waals surface area (Å²) in [5, 5.41) is 22.7. The van der Waals surface area contributed by atoms with E-state index >= 15 is 0 Å². The van der Waals surface area contributed by atoms with Crippen molar-refractivity contribution in [1.82, 2.24) is 4.90 Å². The molecule has 4 aliphatic rings. The highest BCUT2D eigenvalue weighted by molar-refractivity contribution is 5.91. The lowest BCUT2D eigenvalue weighted by Gasteiger charge is -2.49. The minimum absolute atomic E-state index is 0.0176. The van der Waals surface area contributed by atoms with Crippen LogP contribution in [0.1, 0.15) is 74.1 Å². The molecule has 3 fully saturated rings. The Morgan fingerprint density at radius 3 is 2.19 bits per heavy atom. The number of carbonyl (C=O) groups excluding carboxylic acids is 3. The summed E-state index contributed by atoms with van der Waals surface area (Å²) in [6.07, 6.45) is -3.30. The number of allylic oxidation sites excluding steroid dienone is 3. The summed E-state index contributed by atoms with van der Waals surface area (Å²) >= 11 is 0. The first-order chi connectivity index (χ1) is 29.9. The van der Waals surface area contributed by atoms with E-state index in [4.69, 9.17) is 52.1 Å². The molecule has 0 amide bonds. The first-order valence-corrected chi connectivity index (χ1v) is 22.3. The molecular weight excluding hydrogens is 822 g/mol. The van der Waals surface area contributed by atoms with Gasteiger partial charge < -0.3 is 67.2 Å². The lowest BCUT2D eigenvalue weighted by Crippen LogP contribution is -2.65.